The summed E-state index contributed by atoms with van der Waals surface area (Å²) in [4.78, 5) is 0. The van der Waals surface area contributed by atoms with Gasteiger partial charge in [0.2, 0.25) is 0 Å². The molecule has 0 aromatic heterocycles. The summed E-state index contributed by atoms with van der Waals surface area (Å²) in [6.07, 6.45) is 2.85. The number of nitriles is 1. The maximum atomic E-state index is 10.8. The first-order chi connectivity index (χ1) is 10.2. The minimum absolute atomic E-state index is 0.522. The van der Waals surface area contributed by atoms with Crippen LogP contribution in [0, 0.1) is 22.7 Å². The third-order valence-electron chi connectivity index (χ3n) is 4.86. The van der Waals surface area contributed by atoms with E-state index in [1.807, 2.05) is 18.2 Å². The van der Waals surface area contributed by atoms with Crippen LogP contribution in [0.5, 0.6) is 11.5 Å². The van der Waals surface area contributed by atoms with Gasteiger partial charge in [-0.25, -0.2) is 0 Å². The molecule has 0 bridgehead atoms. The van der Waals surface area contributed by atoms with Crippen molar-refractivity contribution in [2.24, 2.45) is 11.3 Å². The monoisotopic (exact) mass is 287 g/mol. The lowest BCUT2D eigenvalue weighted by atomic mass is 9.78. The highest BCUT2D eigenvalue weighted by atomic mass is 16.6. The molecule has 21 heavy (non-hydrogen) atoms. The molecule has 1 heterocycles. The van der Waals surface area contributed by atoms with Gasteiger partial charge in [-0.05, 0) is 42.9 Å². The van der Waals surface area contributed by atoms with E-state index in [9.17, 15) is 10.4 Å². The standard InChI is InChI=1S/C17H21NO3/c1-2-12-5-6-17(10-12,11-18)16(19)13-3-4-14-15(9-13)21-8-7-20-14/h3-4,9,12,16,19H,2,5-8,10H2,1H3. The number of hydrogen-bond acceptors (Lipinski definition) is 4. The van der Waals surface area contributed by atoms with Crippen LogP contribution < -0.4 is 9.47 Å². The highest BCUT2D eigenvalue weighted by Crippen LogP contribution is 2.51. The smallest absolute Gasteiger partial charge is 0.161 e. The Morgan fingerprint density at radius 2 is 2.14 bits per heavy atom. The minimum Gasteiger partial charge on any atom is -0.486 e. The van der Waals surface area contributed by atoms with E-state index in [0.29, 0.717) is 30.6 Å². The van der Waals surface area contributed by atoms with Crippen LogP contribution >= 0.6 is 0 Å². The van der Waals surface area contributed by atoms with E-state index < -0.39 is 11.5 Å². The topological polar surface area (TPSA) is 62.5 Å². The van der Waals surface area contributed by atoms with Crippen molar-refractivity contribution < 1.29 is 14.6 Å². The molecule has 1 N–H and O–H groups in total. The Labute approximate surface area is 125 Å². The zero-order valence-corrected chi connectivity index (χ0v) is 12.3. The van der Waals surface area contributed by atoms with Gasteiger partial charge in [-0.3, -0.25) is 0 Å². The maximum absolute atomic E-state index is 10.8. The van der Waals surface area contributed by atoms with E-state index >= 15 is 0 Å². The second-order valence-electron chi connectivity index (χ2n) is 6.09. The molecule has 0 radical (unpaired) electrons. The molecule has 4 nitrogen and oxygen atoms in total. The Morgan fingerprint density at radius 1 is 1.38 bits per heavy atom. The summed E-state index contributed by atoms with van der Waals surface area (Å²) in [5, 5.41) is 20.4. The van der Waals surface area contributed by atoms with Crippen molar-refractivity contribution in [3.63, 3.8) is 0 Å². The Kier molecular flexibility index (Phi) is 3.77. The van der Waals surface area contributed by atoms with Gasteiger partial charge in [0.05, 0.1) is 17.6 Å². The predicted molar refractivity (Wildman–Crippen MR) is 78.1 cm³/mol. The van der Waals surface area contributed by atoms with Gasteiger partial charge in [-0.1, -0.05) is 19.4 Å². The third kappa shape index (κ3) is 2.47. The zero-order valence-electron chi connectivity index (χ0n) is 12.3. The summed E-state index contributed by atoms with van der Waals surface area (Å²) >= 11 is 0. The van der Waals surface area contributed by atoms with Crippen LogP contribution in [0.4, 0.5) is 0 Å². The lowest BCUT2D eigenvalue weighted by molar-refractivity contribution is 0.0634. The Bertz CT molecular complexity index is 566. The van der Waals surface area contributed by atoms with E-state index in [1.54, 1.807) is 0 Å². The van der Waals surface area contributed by atoms with Crippen LogP contribution in [0.1, 0.15) is 44.3 Å². The third-order valence-corrected chi connectivity index (χ3v) is 4.86. The predicted octanol–water partition coefficient (Wildman–Crippen LogP) is 3.21. The van der Waals surface area contributed by atoms with E-state index in [2.05, 4.69) is 13.0 Å². The van der Waals surface area contributed by atoms with Crippen molar-refractivity contribution in [3.05, 3.63) is 23.8 Å². The molecule has 1 aliphatic carbocycles. The number of ether oxygens (including phenoxy) is 2. The number of benzene rings is 1. The van der Waals surface area contributed by atoms with Gasteiger partial charge in [0.25, 0.3) is 0 Å². The maximum Gasteiger partial charge on any atom is 0.161 e. The van der Waals surface area contributed by atoms with Crippen LogP contribution in [0.15, 0.2) is 18.2 Å². The normalized spacial score (nSPS) is 28.9. The molecule has 1 aromatic rings. The van der Waals surface area contributed by atoms with Gasteiger partial charge in [0, 0.05) is 0 Å². The first-order valence-corrected chi connectivity index (χ1v) is 7.67. The summed E-state index contributed by atoms with van der Waals surface area (Å²) in [5.74, 6) is 1.91. The summed E-state index contributed by atoms with van der Waals surface area (Å²) in [7, 11) is 0. The molecule has 3 rings (SSSR count). The highest BCUT2D eigenvalue weighted by Gasteiger charge is 2.45. The summed E-state index contributed by atoms with van der Waals surface area (Å²) in [5.41, 5.74) is 0.0855. The number of aliphatic hydroxyl groups excluding tert-OH is 1. The van der Waals surface area contributed by atoms with E-state index in [1.165, 1.54) is 0 Å². The fourth-order valence-corrected chi connectivity index (χ4v) is 3.49. The van der Waals surface area contributed by atoms with E-state index in [-0.39, 0.29) is 0 Å². The molecule has 1 aromatic carbocycles. The van der Waals surface area contributed by atoms with E-state index in [4.69, 9.17) is 9.47 Å². The molecule has 0 amide bonds. The average molecular weight is 287 g/mol. The van der Waals surface area contributed by atoms with Crippen LogP contribution in [-0.4, -0.2) is 18.3 Å². The summed E-state index contributed by atoms with van der Waals surface area (Å²) in [6, 6.07) is 7.88. The van der Waals surface area contributed by atoms with Crippen molar-refractivity contribution in [1.29, 1.82) is 5.26 Å². The van der Waals surface area contributed by atoms with Gasteiger partial charge in [-0.2, -0.15) is 5.26 Å². The first-order valence-electron chi connectivity index (χ1n) is 7.67. The fraction of sp³-hybridized carbons (Fsp3) is 0.588. The molecular formula is C17H21NO3. The second-order valence-corrected chi connectivity index (χ2v) is 6.09. The van der Waals surface area contributed by atoms with E-state index in [0.717, 1.165) is 31.2 Å². The van der Waals surface area contributed by atoms with Crippen molar-refractivity contribution in [3.8, 4) is 17.6 Å². The number of nitrogens with zero attached hydrogens (tertiary/aromatic N) is 1. The van der Waals surface area contributed by atoms with Crippen LogP contribution in [0.3, 0.4) is 0 Å². The van der Waals surface area contributed by atoms with Crippen LogP contribution in [0.2, 0.25) is 0 Å². The summed E-state index contributed by atoms with van der Waals surface area (Å²) < 4.78 is 11.1. The number of hydrogen-bond donors (Lipinski definition) is 1. The molecule has 1 aliphatic heterocycles. The lowest BCUT2D eigenvalue weighted by Gasteiger charge is -2.29. The van der Waals surface area contributed by atoms with Gasteiger partial charge in [-0.15, -0.1) is 0 Å². The largest absolute Gasteiger partial charge is 0.486 e. The molecule has 3 unspecified atom stereocenters. The molecule has 0 spiro atoms. The van der Waals surface area contributed by atoms with Crippen molar-refractivity contribution >= 4 is 0 Å². The molecule has 1 fully saturated rings. The fourth-order valence-electron chi connectivity index (χ4n) is 3.49. The van der Waals surface area contributed by atoms with Gasteiger partial charge in [0.15, 0.2) is 11.5 Å². The van der Waals surface area contributed by atoms with Crippen molar-refractivity contribution in [2.45, 2.75) is 38.7 Å². The Morgan fingerprint density at radius 3 is 2.81 bits per heavy atom. The molecule has 3 atom stereocenters. The number of rotatable bonds is 3. The van der Waals surface area contributed by atoms with Crippen molar-refractivity contribution in [2.75, 3.05) is 13.2 Å². The first kappa shape index (κ1) is 14.2. The number of fused-ring (bicyclic) bond motifs is 1. The molecule has 1 saturated carbocycles. The van der Waals surface area contributed by atoms with Gasteiger partial charge >= 0.3 is 0 Å². The quantitative estimate of drug-likeness (QED) is 0.927. The van der Waals surface area contributed by atoms with Gasteiger partial charge < -0.3 is 14.6 Å². The van der Waals surface area contributed by atoms with Gasteiger partial charge in [0.1, 0.15) is 13.2 Å². The Hall–Kier alpha value is -1.73. The second kappa shape index (κ2) is 5.57. The lowest BCUT2D eigenvalue weighted by Crippen LogP contribution is -2.25. The molecule has 4 heteroatoms. The minimum atomic E-state index is -0.769. The SMILES string of the molecule is CCC1CCC(C#N)(C(O)c2ccc3c(c2)OCCO3)C1. The Balaban J connectivity index is 1.87. The van der Waals surface area contributed by atoms with Crippen molar-refractivity contribution in [1.82, 2.24) is 0 Å². The van der Waals surface area contributed by atoms with Crippen LogP contribution in [-0.2, 0) is 0 Å². The highest BCUT2D eigenvalue weighted by molar-refractivity contribution is 5.45. The number of aliphatic hydroxyl groups is 1. The zero-order chi connectivity index (χ0) is 14.9. The molecule has 0 saturated heterocycles. The molecular weight excluding hydrogens is 266 g/mol. The summed E-state index contributed by atoms with van der Waals surface area (Å²) in [6.45, 7) is 3.22. The molecule has 112 valence electrons. The molecule has 2 aliphatic rings. The average Bonchev–Trinajstić information content (AvgIpc) is 2.98. The van der Waals surface area contributed by atoms with Crippen LogP contribution in [0.25, 0.3) is 0 Å².